The van der Waals surface area contributed by atoms with Gasteiger partial charge in [0.2, 0.25) is 5.60 Å². The molecule has 6 heteroatoms. The standard InChI is InChI=1S/C25H20O4S2/c1-24(18-10-4-2-5-11-18,19-12-6-3-7-13-19)22(26)29-23(27)25(28,20-14-8-16-30-20)21-15-9-17-31-21/h2-17,28H,1H3. The summed E-state index contributed by atoms with van der Waals surface area (Å²) >= 11 is 2.46. The van der Waals surface area contributed by atoms with Gasteiger partial charge in [-0.2, -0.15) is 0 Å². The van der Waals surface area contributed by atoms with Crippen molar-refractivity contribution in [3.8, 4) is 0 Å². The Kier molecular flexibility index (Phi) is 5.87. The SMILES string of the molecule is CC(C(=O)OC(=O)C(O)(c1cccs1)c1cccs1)(c1ccccc1)c1ccccc1. The molecule has 0 unspecified atom stereocenters. The molecular weight excluding hydrogens is 428 g/mol. The van der Waals surface area contributed by atoms with Gasteiger partial charge in [-0.25, -0.2) is 4.79 Å². The Hall–Kier alpha value is -3.06. The summed E-state index contributed by atoms with van der Waals surface area (Å²) in [6.07, 6.45) is 0. The van der Waals surface area contributed by atoms with Gasteiger partial charge in [-0.3, -0.25) is 4.79 Å². The van der Waals surface area contributed by atoms with Crippen molar-refractivity contribution in [3.63, 3.8) is 0 Å². The van der Waals surface area contributed by atoms with E-state index >= 15 is 0 Å². The Bertz CT molecular complexity index is 1080. The quantitative estimate of drug-likeness (QED) is 0.328. The number of esters is 2. The van der Waals surface area contributed by atoms with E-state index in [1.165, 1.54) is 22.7 Å². The second kappa shape index (κ2) is 8.59. The zero-order valence-electron chi connectivity index (χ0n) is 16.7. The minimum atomic E-state index is -2.05. The molecule has 4 nitrogen and oxygen atoms in total. The maximum atomic E-state index is 13.5. The molecule has 0 spiro atoms. The van der Waals surface area contributed by atoms with Gasteiger partial charge < -0.3 is 9.84 Å². The van der Waals surface area contributed by atoms with Gasteiger partial charge in [-0.15, -0.1) is 22.7 Å². The Morgan fingerprint density at radius 3 is 1.55 bits per heavy atom. The van der Waals surface area contributed by atoms with Crippen molar-refractivity contribution >= 4 is 34.6 Å². The molecular formula is C25H20O4S2. The molecule has 0 aliphatic carbocycles. The predicted octanol–water partition coefficient (Wildman–Crippen LogP) is 5.12. The van der Waals surface area contributed by atoms with Crippen LogP contribution in [0.4, 0.5) is 0 Å². The molecule has 0 amide bonds. The first-order chi connectivity index (χ1) is 15.0. The lowest BCUT2D eigenvalue weighted by Crippen LogP contribution is -2.43. The van der Waals surface area contributed by atoms with Gasteiger partial charge in [-0.05, 0) is 40.9 Å². The van der Waals surface area contributed by atoms with Gasteiger partial charge in [0.1, 0.15) is 5.41 Å². The third-order valence-electron chi connectivity index (χ3n) is 5.35. The highest BCUT2D eigenvalue weighted by Crippen LogP contribution is 2.39. The van der Waals surface area contributed by atoms with Crippen LogP contribution < -0.4 is 0 Å². The van der Waals surface area contributed by atoms with Gasteiger partial charge >= 0.3 is 11.9 Å². The van der Waals surface area contributed by atoms with Crippen molar-refractivity contribution in [1.29, 1.82) is 0 Å². The summed E-state index contributed by atoms with van der Waals surface area (Å²) in [5.74, 6) is -1.76. The minimum Gasteiger partial charge on any atom is -0.389 e. The molecule has 2 aromatic heterocycles. The van der Waals surface area contributed by atoms with Crippen molar-refractivity contribution in [2.24, 2.45) is 0 Å². The highest BCUT2D eigenvalue weighted by molar-refractivity contribution is 7.12. The first kappa shape index (κ1) is 21.2. The normalized spacial score (nSPS) is 11.8. The van der Waals surface area contributed by atoms with E-state index in [2.05, 4.69) is 0 Å². The summed E-state index contributed by atoms with van der Waals surface area (Å²) < 4.78 is 5.42. The van der Waals surface area contributed by atoms with E-state index in [4.69, 9.17) is 4.74 Å². The van der Waals surface area contributed by atoms with Crippen molar-refractivity contribution in [2.75, 3.05) is 0 Å². The van der Waals surface area contributed by atoms with Crippen molar-refractivity contribution < 1.29 is 19.4 Å². The summed E-state index contributed by atoms with van der Waals surface area (Å²) in [5.41, 5.74) is -1.90. The van der Waals surface area contributed by atoms with Gasteiger partial charge in [-0.1, -0.05) is 72.8 Å². The van der Waals surface area contributed by atoms with Crippen LogP contribution in [-0.2, 0) is 25.3 Å². The average molecular weight is 449 g/mol. The molecule has 2 aromatic carbocycles. The van der Waals surface area contributed by atoms with Crippen LogP contribution in [0.15, 0.2) is 95.7 Å². The van der Waals surface area contributed by atoms with Crippen LogP contribution >= 0.6 is 22.7 Å². The van der Waals surface area contributed by atoms with Crippen LogP contribution in [0.3, 0.4) is 0 Å². The van der Waals surface area contributed by atoms with Crippen LogP contribution in [0.5, 0.6) is 0 Å². The second-order valence-electron chi connectivity index (χ2n) is 7.20. The fourth-order valence-electron chi connectivity index (χ4n) is 3.50. The van der Waals surface area contributed by atoms with E-state index in [-0.39, 0.29) is 0 Å². The van der Waals surface area contributed by atoms with Crippen LogP contribution in [0.25, 0.3) is 0 Å². The molecule has 1 N–H and O–H groups in total. The summed E-state index contributed by atoms with van der Waals surface area (Å²) in [7, 11) is 0. The molecule has 156 valence electrons. The molecule has 0 saturated carbocycles. The molecule has 0 bridgehead atoms. The third kappa shape index (κ3) is 3.74. The third-order valence-corrected chi connectivity index (χ3v) is 7.30. The molecule has 2 heterocycles. The van der Waals surface area contributed by atoms with Gasteiger partial charge in [0, 0.05) is 0 Å². The summed E-state index contributed by atoms with van der Waals surface area (Å²) in [6, 6.07) is 25.1. The summed E-state index contributed by atoms with van der Waals surface area (Å²) in [5, 5.41) is 15.0. The number of carbonyl (C=O) groups excluding carboxylic acids is 2. The highest BCUT2D eigenvalue weighted by atomic mass is 32.1. The number of ether oxygens (including phenoxy) is 1. The zero-order valence-corrected chi connectivity index (χ0v) is 18.4. The number of rotatable bonds is 6. The first-order valence-electron chi connectivity index (χ1n) is 9.65. The maximum Gasteiger partial charge on any atom is 0.357 e. The molecule has 0 saturated heterocycles. The highest BCUT2D eigenvalue weighted by Gasteiger charge is 2.48. The predicted molar refractivity (Wildman–Crippen MR) is 122 cm³/mol. The Balaban J connectivity index is 1.74. The Morgan fingerprint density at radius 1 is 0.710 bits per heavy atom. The molecule has 0 atom stereocenters. The average Bonchev–Trinajstić information content (AvgIpc) is 3.54. The molecule has 31 heavy (non-hydrogen) atoms. The van der Waals surface area contributed by atoms with E-state index in [0.29, 0.717) is 20.9 Å². The van der Waals surface area contributed by atoms with E-state index in [0.717, 1.165) is 0 Å². The summed E-state index contributed by atoms with van der Waals surface area (Å²) in [6.45, 7) is 1.72. The fourth-order valence-corrected chi connectivity index (χ4v) is 5.21. The van der Waals surface area contributed by atoms with Gasteiger partial charge in [0.25, 0.3) is 0 Å². The van der Waals surface area contributed by atoms with Gasteiger partial charge in [0.05, 0.1) is 9.75 Å². The van der Waals surface area contributed by atoms with Crippen molar-refractivity contribution in [2.45, 2.75) is 17.9 Å². The van der Waals surface area contributed by atoms with Crippen LogP contribution in [0.2, 0.25) is 0 Å². The molecule has 0 radical (unpaired) electrons. The van der Waals surface area contributed by atoms with Crippen LogP contribution in [0, 0.1) is 0 Å². The number of aliphatic hydroxyl groups is 1. The van der Waals surface area contributed by atoms with E-state index < -0.39 is 23.0 Å². The Labute approximate surface area is 188 Å². The largest absolute Gasteiger partial charge is 0.389 e. The van der Waals surface area contributed by atoms with E-state index in [1.54, 1.807) is 41.9 Å². The molecule has 4 aromatic rings. The number of hydrogen-bond acceptors (Lipinski definition) is 6. The maximum absolute atomic E-state index is 13.5. The molecule has 4 rings (SSSR count). The fraction of sp³-hybridized carbons (Fsp3) is 0.120. The minimum absolute atomic E-state index is 0.397. The smallest absolute Gasteiger partial charge is 0.357 e. The lowest BCUT2D eigenvalue weighted by molar-refractivity contribution is -0.173. The number of thiophene rings is 2. The van der Waals surface area contributed by atoms with Crippen molar-refractivity contribution in [3.05, 3.63) is 117 Å². The molecule has 0 fully saturated rings. The monoisotopic (exact) mass is 448 g/mol. The van der Waals surface area contributed by atoms with Crippen LogP contribution in [-0.4, -0.2) is 17.0 Å². The lowest BCUT2D eigenvalue weighted by Gasteiger charge is -2.30. The van der Waals surface area contributed by atoms with Crippen LogP contribution in [0.1, 0.15) is 27.8 Å². The van der Waals surface area contributed by atoms with E-state index in [1.807, 2.05) is 60.7 Å². The summed E-state index contributed by atoms with van der Waals surface area (Å²) in [4.78, 5) is 27.6. The van der Waals surface area contributed by atoms with Gasteiger partial charge in [0.15, 0.2) is 0 Å². The number of carbonyl (C=O) groups is 2. The zero-order chi connectivity index (χ0) is 21.9. The van der Waals surface area contributed by atoms with E-state index in [9.17, 15) is 14.7 Å². The molecule has 0 aliphatic heterocycles. The number of hydrogen-bond donors (Lipinski definition) is 1. The lowest BCUT2D eigenvalue weighted by atomic mass is 9.76. The molecule has 0 aliphatic rings. The number of benzene rings is 2. The second-order valence-corrected chi connectivity index (χ2v) is 9.09. The Morgan fingerprint density at radius 2 is 1.16 bits per heavy atom. The first-order valence-corrected chi connectivity index (χ1v) is 11.4. The van der Waals surface area contributed by atoms with Crippen molar-refractivity contribution in [1.82, 2.24) is 0 Å². The topological polar surface area (TPSA) is 63.6 Å².